The third-order valence-corrected chi connectivity index (χ3v) is 4.06. The first-order chi connectivity index (χ1) is 10.6. The van der Waals surface area contributed by atoms with Gasteiger partial charge in [-0.3, -0.25) is 9.69 Å². The topological polar surface area (TPSA) is 46.3 Å². The molecule has 2 heterocycles. The summed E-state index contributed by atoms with van der Waals surface area (Å²) in [6.07, 6.45) is 1.85. The molecule has 1 fully saturated rings. The Kier molecular flexibility index (Phi) is 4.34. The van der Waals surface area contributed by atoms with Crippen molar-refractivity contribution in [1.29, 1.82) is 0 Å². The quantitative estimate of drug-likeness (QED) is 0.814. The number of carbonyl (C=O) groups excluding carboxylic acids is 1. The summed E-state index contributed by atoms with van der Waals surface area (Å²) in [5, 5.41) is 3.89. The van der Waals surface area contributed by atoms with E-state index in [9.17, 15) is 9.18 Å². The standard InChI is InChI=1S/C17H19FN2O2/c1-12-9-16(22-19-12)11-20-8-2-3-14(10-20)17(21)13-4-6-15(18)7-5-13/h4-7,9,14H,2-3,8,10-11H2,1H3. The van der Waals surface area contributed by atoms with Crippen LogP contribution in [0.1, 0.15) is 34.7 Å². The van der Waals surface area contributed by atoms with Crippen molar-refractivity contribution in [2.24, 2.45) is 5.92 Å². The fraction of sp³-hybridized carbons (Fsp3) is 0.412. The molecule has 1 unspecified atom stereocenters. The number of aromatic nitrogens is 1. The number of hydrogen-bond donors (Lipinski definition) is 0. The van der Waals surface area contributed by atoms with Crippen LogP contribution in [0.4, 0.5) is 4.39 Å². The Bertz CT molecular complexity index is 651. The van der Waals surface area contributed by atoms with Gasteiger partial charge in [-0.2, -0.15) is 0 Å². The van der Waals surface area contributed by atoms with Crippen LogP contribution < -0.4 is 0 Å². The smallest absolute Gasteiger partial charge is 0.167 e. The summed E-state index contributed by atoms with van der Waals surface area (Å²) in [6.45, 7) is 4.22. The molecule has 5 heteroatoms. The zero-order chi connectivity index (χ0) is 15.5. The number of aryl methyl sites for hydroxylation is 1. The highest BCUT2D eigenvalue weighted by molar-refractivity contribution is 5.98. The lowest BCUT2D eigenvalue weighted by molar-refractivity contribution is 0.0799. The summed E-state index contributed by atoms with van der Waals surface area (Å²) < 4.78 is 18.2. The molecule has 2 aromatic rings. The molecule has 4 nitrogen and oxygen atoms in total. The molecule has 1 saturated heterocycles. The Morgan fingerprint density at radius 2 is 2.18 bits per heavy atom. The van der Waals surface area contributed by atoms with Gasteiger partial charge in [0.05, 0.1) is 12.2 Å². The predicted octanol–water partition coefficient (Wildman–Crippen LogP) is 3.22. The lowest BCUT2D eigenvalue weighted by Crippen LogP contribution is -2.38. The van der Waals surface area contributed by atoms with Crippen LogP contribution in [0.3, 0.4) is 0 Å². The summed E-state index contributed by atoms with van der Waals surface area (Å²) in [7, 11) is 0. The maximum atomic E-state index is 13.0. The Hall–Kier alpha value is -2.01. The van der Waals surface area contributed by atoms with Crippen LogP contribution in [0.2, 0.25) is 0 Å². The first-order valence-electron chi connectivity index (χ1n) is 7.56. The normalized spacial score (nSPS) is 19.3. The van der Waals surface area contributed by atoms with Gasteiger partial charge in [0.15, 0.2) is 11.5 Å². The van der Waals surface area contributed by atoms with E-state index >= 15 is 0 Å². The van der Waals surface area contributed by atoms with E-state index in [0.29, 0.717) is 18.7 Å². The predicted molar refractivity (Wildman–Crippen MR) is 80.0 cm³/mol. The van der Waals surface area contributed by atoms with Crippen LogP contribution in [0.15, 0.2) is 34.9 Å². The van der Waals surface area contributed by atoms with Gasteiger partial charge in [-0.15, -0.1) is 0 Å². The molecule has 1 aromatic heterocycles. The van der Waals surface area contributed by atoms with Crippen molar-refractivity contribution >= 4 is 5.78 Å². The average molecular weight is 302 g/mol. The minimum absolute atomic E-state index is 0.0387. The fourth-order valence-corrected chi connectivity index (χ4v) is 2.97. The lowest BCUT2D eigenvalue weighted by atomic mass is 9.90. The zero-order valence-corrected chi connectivity index (χ0v) is 12.6. The molecule has 116 valence electrons. The van der Waals surface area contributed by atoms with Gasteiger partial charge >= 0.3 is 0 Å². The Balaban J connectivity index is 1.64. The summed E-state index contributed by atoms with van der Waals surface area (Å²) in [5.41, 5.74) is 1.45. The van der Waals surface area contributed by atoms with Crippen molar-refractivity contribution < 1.29 is 13.7 Å². The molecule has 3 rings (SSSR count). The average Bonchev–Trinajstić information content (AvgIpc) is 2.93. The van der Waals surface area contributed by atoms with Crippen molar-refractivity contribution in [3.8, 4) is 0 Å². The monoisotopic (exact) mass is 302 g/mol. The molecule has 1 atom stereocenters. The van der Waals surface area contributed by atoms with Crippen LogP contribution in [0.5, 0.6) is 0 Å². The van der Waals surface area contributed by atoms with Gasteiger partial charge in [-0.05, 0) is 50.6 Å². The molecule has 1 aliphatic rings. The van der Waals surface area contributed by atoms with Crippen molar-refractivity contribution in [3.05, 3.63) is 53.2 Å². The number of ketones is 1. The first-order valence-corrected chi connectivity index (χ1v) is 7.56. The summed E-state index contributed by atoms with van der Waals surface area (Å²) in [4.78, 5) is 14.7. The van der Waals surface area contributed by atoms with Crippen LogP contribution in [0, 0.1) is 18.7 Å². The van der Waals surface area contributed by atoms with E-state index in [-0.39, 0.29) is 17.5 Å². The van der Waals surface area contributed by atoms with Gasteiger partial charge in [0.25, 0.3) is 0 Å². The molecule has 0 aliphatic carbocycles. The van der Waals surface area contributed by atoms with Crippen LogP contribution >= 0.6 is 0 Å². The van der Waals surface area contributed by atoms with Gasteiger partial charge in [0, 0.05) is 24.1 Å². The zero-order valence-electron chi connectivity index (χ0n) is 12.6. The summed E-state index contributed by atoms with van der Waals surface area (Å²) >= 11 is 0. The Morgan fingerprint density at radius 3 is 2.86 bits per heavy atom. The highest BCUT2D eigenvalue weighted by Crippen LogP contribution is 2.22. The highest BCUT2D eigenvalue weighted by Gasteiger charge is 2.27. The van der Waals surface area contributed by atoms with Crippen LogP contribution in [0.25, 0.3) is 0 Å². The maximum absolute atomic E-state index is 13.0. The van der Waals surface area contributed by atoms with Gasteiger partial charge in [0.1, 0.15) is 5.82 Å². The van der Waals surface area contributed by atoms with Crippen molar-refractivity contribution in [3.63, 3.8) is 0 Å². The molecule has 0 bridgehead atoms. The van der Waals surface area contributed by atoms with E-state index in [1.165, 1.54) is 12.1 Å². The number of carbonyl (C=O) groups is 1. The van der Waals surface area contributed by atoms with Gasteiger partial charge < -0.3 is 4.52 Å². The number of piperidine rings is 1. The van der Waals surface area contributed by atoms with Gasteiger partial charge in [0.2, 0.25) is 0 Å². The number of benzene rings is 1. The number of rotatable bonds is 4. The van der Waals surface area contributed by atoms with E-state index in [2.05, 4.69) is 10.1 Å². The maximum Gasteiger partial charge on any atom is 0.167 e. The first kappa shape index (κ1) is 14.9. The van der Waals surface area contributed by atoms with Crippen LogP contribution in [-0.4, -0.2) is 28.9 Å². The van der Waals surface area contributed by atoms with E-state index in [4.69, 9.17) is 4.52 Å². The lowest BCUT2D eigenvalue weighted by Gasteiger charge is -2.31. The molecule has 0 radical (unpaired) electrons. The summed E-state index contributed by atoms with van der Waals surface area (Å²) in [6, 6.07) is 7.73. The Labute approximate surface area is 128 Å². The number of halogens is 1. The molecule has 0 N–H and O–H groups in total. The van der Waals surface area contributed by atoms with E-state index in [1.807, 2.05) is 13.0 Å². The second-order valence-corrected chi connectivity index (χ2v) is 5.88. The SMILES string of the molecule is Cc1cc(CN2CCCC(C(=O)c3ccc(F)cc3)C2)on1. The molecule has 0 amide bonds. The van der Waals surface area contributed by atoms with E-state index in [0.717, 1.165) is 30.8 Å². The third kappa shape index (κ3) is 3.42. The highest BCUT2D eigenvalue weighted by atomic mass is 19.1. The number of likely N-dealkylation sites (tertiary alicyclic amines) is 1. The third-order valence-electron chi connectivity index (χ3n) is 4.06. The molecule has 0 spiro atoms. The van der Waals surface area contributed by atoms with E-state index in [1.54, 1.807) is 12.1 Å². The molecular formula is C17H19FN2O2. The van der Waals surface area contributed by atoms with Crippen LogP contribution in [-0.2, 0) is 6.54 Å². The molecule has 22 heavy (non-hydrogen) atoms. The van der Waals surface area contributed by atoms with Crippen molar-refractivity contribution in [2.75, 3.05) is 13.1 Å². The summed E-state index contributed by atoms with van der Waals surface area (Å²) in [5.74, 6) is 0.566. The second-order valence-electron chi connectivity index (χ2n) is 5.88. The minimum atomic E-state index is -0.317. The Morgan fingerprint density at radius 1 is 1.41 bits per heavy atom. The number of nitrogens with zero attached hydrogens (tertiary/aromatic N) is 2. The number of hydrogen-bond acceptors (Lipinski definition) is 4. The van der Waals surface area contributed by atoms with Gasteiger partial charge in [-0.1, -0.05) is 5.16 Å². The molecular weight excluding hydrogens is 283 g/mol. The van der Waals surface area contributed by atoms with Crippen molar-refractivity contribution in [1.82, 2.24) is 10.1 Å². The van der Waals surface area contributed by atoms with E-state index < -0.39 is 0 Å². The fourth-order valence-electron chi connectivity index (χ4n) is 2.97. The second kappa shape index (κ2) is 6.40. The number of Topliss-reactive ketones (excluding diaryl/α,β-unsaturated/α-hetero) is 1. The molecule has 1 aliphatic heterocycles. The minimum Gasteiger partial charge on any atom is -0.360 e. The largest absolute Gasteiger partial charge is 0.360 e. The van der Waals surface area contributed by atoms with Crippen molar-refractivity contribution in [2.45, 2.75) is 26.3 Å². The molecule has 1 aromatic carbocycles. The van der Waals surface area contributed by atoms with Gasteiger partial charge in [-0.25, -0.2) is 4.39 Å². The molecule has 0 saturated carbocycles.